The van der Waals surface area contributed by atoms with E-state index in [-0.39, 0.29) is 17.4 Å². The first kappa shape index (κ1) is 26.1. The Hall–Kier alpha value is -4.51. The zero-order chi connectivity index (χ0) is 27.2. The van der Waals surface area contributed by atoms with Crippen LogP contribution in [0.3, 0.4) is 0 Å². The molecule has 0 aliphatic carbocycles. The lowest BCUT2D eigenvalue weighted by Crippen LogP contribution is -2.35. The van der Waals surface area contributed by atoms with Gasteiger partial charge in [-0.25, -0.2) is 9.97 Å². The normalized spacial score (nSPS) is 13.6. The maximum absolute atomic E-state index is 12.3. The summed E-state index contributed by atoms with van der Waals surface area (Å²) >= 11 is 1.72. The van der Waals surface area contributed by atoms with E-state index < -0.39 is 4.92 Å². The maximum atomic E-state index is 12.3. The summed E-state index contributed by atoms with van der Waals surface area (Å²) in [6.07, 6.45) is 5.44. The molecule has 3 heterocycles. The fraction of sp³-hybridized carbons (Fsp3) is 0.214. The monoisotopic (exact) mass is 543 g/mol. The number of methoxy groups -OCH3 is 1. The Bertz CT molecular complexity index is 1480. The molecule has 0 spiro atoms. The molecule has 2 aromatic heterocycles. The average molecular weight is 544 g/mol. The largest absolute Gasteiger partial charge is 0.497 e. The lowest BCUT2D eigenvalue weighted by atomic mass is 9.99. The van der Waals surface area contributed by atoms with Crippen LogP contribution in [0.4, 0.5) is 11.5 Å². The molecule has 1 fully saturated rings. The molecule has 1 saturated heterocycles. The third kappa shape index (κ3) is 5.83. The Kier molecular flexibility index (Phi) is 7.97. The molecule has 0 atom stereocenters. The quantitative estimate of drug-likeness (QED) is 0.145. The van der Waals surface area contributed by atoms with Gasteiger partial charge in [0.2, 0.25) is 5.82 Å². The van der Waals surface area contributed by atoms with Gasteiger partial charge in [0, 0.05) is 35.7 Å². The summed E-state index contributed by atoms with van der Waals surface area (Å²) < 4.78 is 11.4. The van der Waals surface area contributed by atoms with Crippen molar-refractivity contribution in [2.75, 3.05) is 25.1 Å². The topological polar surface area (TPSA) is 121 Å². The highest BCUT2D eigenvalue weighted by Crippen LogP contribution is 2.41. The van der Waals surface area contributed by atoms with Crippen molar-refractivity contribution in [1.29, 1.82) is 0 Å². The summed E-state index contributed by atoms with van der Waals surface area (Å²) in [4.78, 5) is 38.2. The van der Waals surface area contributed by atoms with E-state index in [0.29, 0.717) is 46.5 Å². The Morgan fingerprint density at radius 3 is 2.54 bits per heavy atom. The first-order chi connectivity index (χ1) is 19.1. The van der Waals surface area contributed by atoms with Crippen LogP contribution >= 0.6 is 11.8 Å². The molecule has 5 rings (SSSR count). The molecule has 198 valence electrons. The van der Waals surface area contributed by atoms with Crippen molar-refractivity contribution in [2.45, 2.75) is 23.1 Å². The van der Waals surface area contributed by atoms with Crippen molar-refractivity contribution in [2.24, 2.45) is 0 Å². The van der Waals surface area contributed by atoms with E-state index in [1.54, 1.807) is 60.4 Å². The van der Waals surface area contributed by atoms with Crippen LogP contribution in [0.5, 0.6) is 17.4 Å². The van der Waals surface area contributed by atoms with Gasteiger partial charge in [-0.2, -0.15) is 4.98 Å². The van der Waals surface area contributed by atoms with E-state index in [1.165, 1.54) is 13.4 Å². The summed E-state index contributed by atoms with van der Waals surface area (Å²) in [5.74, 6) is 0.925. The number of aldehydes is 1. The SMILES string of the molecule is COc1ccc(C=O)c(-c2ccccc2Oc2ncnc(N3CCC(Sc4ccccn4)CC3)c2[N+](=O)[O-])c1. The number of ether oxygens (including phenoxy) is 2. The van der Waals surface area contributed by atoms with Gasteiger partial charge in [0.25, 0.3) is 0 Å². The van der Waals surface area contributed by atoms with Crippen LogP contribution in [0, 0.1) is 10.1 Å². The number of hydrogen-bond donors (Lipinski definition) is 0. The highest BCUT2D eigenvalue weighted by molar-refractivity contribution is 7.99. The van der Waals surface area contributed by atoms with Gasteiger partial charge in [0.15, 0.2) is 6.29 Å². The van der Waals surface area contributed by atoms with Crippen LogP contribution in [0.2, 0.25) is 0 Å². The van der Waals surface area contributed by atoms with Crippen molar-refractivity contribution >= 4 is 29.6 Å². The van der Waals surface area contributed by atoms with Crippen molar-refractivity contribution in [3.8, 4) is 28.5 Å². The summed E-state index contributed by atoms with van der Waals surface area (Å²) in [5.41, 5.74) is 1.27. The van der Waals surface area contributed by atoms with E-state index >= 15 is 0 Å². The van der Waals surface area contributed by atoms with Crippen LogP contribution in [0.15, 0.2) is 78.2 Å². The lowest BCUT2D eigenvalue weighted by Gasteiger charge is -2.31. The number of piperidine rings is 1. The van der Waals surface area contributed by atoms with E-state index in [9.17, 15) is 14.9 Å². The molecule has 10 nitrogen and oxygen atoms in total. The Labute approximate surface area is 229 Å². The van der Waals surface area contributed by atoms with Crippen LogP contribution in [-0.2, 0) is 0 Å². The van der Waals surface area contributed by atoms with Gasteiger partial charge >= 0.3 is 11.6 Å². The highest BCUT2D eigenvalue weighted by Gasteiger charge is 2.32. The third-order valence-electron chi connectivity index (χ3n) is 6.39. The molecule has 11 heteroatoms. The number of hydrogen-bond acceptors (Lipinski definition) is 10. The number of rotatable bonds is 9. The molecule has 1 aliphatic heterocycles. The van der Waals surface area contributed by atoms with E-state index in [4.69, 9.17) is 9.47 Å². The summed E-state index contributed by atoms with van der Waals surface area (Å²) in [6.45, 7) is 1.20. The standard InChI is InChI=1S/C28H25N5O5S/c1-37-20-10-9-19(17-34)23(16-20)22-6-2-3-7-24(22)38-28-26(33(35)36)27(30-18-31-28)32-14-11-21(12-15-32)39-25-8-4-5-13-29-25/h2-10,13,16-18,21H,11-12,14-15H2,1H3. The minimum Gasteiger partial charge on any atom is -0.497 e. The van der Waals surface area contributed by atoms with Crippen molar-refractivity contribution < 1.29 is 19.2 Å². The number of aromatic nitrogens is 3. The molecule has 4 aromatic rings. The predicted octanol–water partition coefficient (Wildman–Crippen LogP) is 5.82. The highest BCUT2D eigenvalue weighted by atomic mass is 32.2. The van der Waals surface area contributed by atoms with Gasteiger partial charge in [-0.1, -0.05) is 24.3 Å². The van der Waals surface area contributed by atoms with Crippen molar-refractivity contribution in [3.63, 3.8) is 0 Å². The number of nitro groups is 1. The number of anilines is 1. The van der Waals surface area contributed by atoms with E-state index in [2.05, 4.69) is 15.0 Å². The predicted molar refractivity (Wildman–Crippen MR) is 148 cm³/mol. The van der Waals surface area contributed by atoms with Gasteiger partial charge in [-0.15, -0.1) is 11.8 Å². The molecular weight excluding hydrogens is 518 g/mol. The van der Waals surface area contributed by atoms with Gasteiger partial charge in [0.05, 0.1) is 17.1 Å². The Morgan fingerprint density at radius 1 is 1.03 bits per heavy atom. The van der Waals surface area contributed by atoms with Gasteiger partial charge in [0.1, 0.15) is 17.8 Å². The van der Waals surface area contributed by atoms with E-state index in [1.807, 2.05) is 23.1 Å². The van der Waals surface area contributed by atoms with Crippen LogP contribution in [0.25, 0.3) is 11.1 Å². The molecule has 0 unspecified atom stereocenters. The van der Waals surface area contributed by atoms with E-state index in [0.717, 1.165) is 24.2 Å². The third-order valence-corrected chi connectivity index (χ3v) is 7.68. The number of para-hydroxylation sites is 1. The van der Waals surface area contributed by atoms with Gasteiger partial charge in [-0.05, 0) is 54.8 Å². The van der Waals surface area contributed by atoms with Gasteiger partial charge < -0.3 is 14.4 Å². The van der Waals surface area contributed by atoms with Crippen molar-refractivity contribution in [3.05, 3.63) is 88.9 Å². The minimum absolute atomic E-state index is 0.169. The molecule has 0 bridgehead atoms. The number of pyridine rings is 1. The average Bonchev–Trinajstić information content (AvgIpc) is 2.98. The zero-order valence-electron chi connectivity index (χ0n) is 21.1. The first-order valence-electron chi connectivity index (χ1n) is 12.3. The molecule has 1 aliphatic rings. The molecule has 0 radical (unpaired) electrons. The number of nitrogens with zero attached hydrogens (tertiary/aromatic N) is 5. The molecule has 0 saturated carbocycles. The zero-order valence-corrected chi connectivity index (χ0v) is 21.9. The van der Waals surface area contributed by atoms with Crippen molar-refractivity contribution in [1.82, 2.24) is 15.0 Å². The fourth-order valence-electron chi connectivity index (χ4n) is 4.47. The number of carbonyl (C=O) groups is 1. The van der Waals surface area contributed by atoms with Crippen LogP contribution < -0.4 is 14.4 Å². The van der Waals surface area contributed by atoms with Crippen LogP contribution in [-0.4, -0.2) is 51.6 Å². The number of benzene rings is 2. The molecular formula is C28H25N5O5S. The summed E-state index contributed by atoms with van der Waals surface area (Å²) in [7, 11) is 1.54. The molecule has 0 amide bonds. The molecule has 2 aromatic carbocycles. The number of thioether (sulfide) groups is 1. The second-order valence-electron chi connectivity index (χ2n) is 8.75. The Morgan fingerprint density at radius 2 is 1.82 bits per heavy atom. The fourth-order valence-corrected chi connectivity index (χ4v) is 5.54. The second kappa shape index (κ2) is 11.9. The Balaban J connectivity index is 1.42. The van der Waals surface area contributed by atoms with Crippen LogP contribution in [0.1, 0.15) is 23.2 Å². The summed E-state index contributed by atoms with van der Waals surface area (Å²) in [6, 6.07) is 17.9. The number of carbonyl (C=O) groups excluding carboxylic acids is 1. The second-order valence-corrected chi connectivity index (χ2v) is 10.1. The van der Waals surface area contributed by atoms with Gasteiger partial charge in [-0.3, -0.25) is 14.9 Å². The smallest absolute Gasteiger partial charge is 0.373 e. The molecule has 0 N–H and O–H groups in total. The minimum atomic E-state index is -0.510. The molecule has 39 heavy (non-hydrogen) atoms. The first-order valence-corrected chi connectivity index (χ1v) is 13.2. The summed E-state index contributed by atoms with van der Waals surface area (Å²) in [5, 5.41) is 13.6. The maximum Gasteiger partial charge on any atom is 0.373 e. The lowest BCUT2D eigenvalue weighted by molar-refractivity contribution is -0.385.